The summed E-state index contributed by atoms with van der Waals surface area (Å²) < 4.78 is 2.06. The number of hydrogen-bond acceptors (Lipinski definition) is 4. The molecule has 1 amide bonds. The molecular formula is C13H20N4O3. The maximum Gasteiger partial charge on any atom is 0.303 e. The van der Waals surface area contributed by atoms with Crippen LogP contribution < -0.4 is 0 Å². The molecule has 110 valence electrons. The molecule has 0 spiro atoms. The van der Waals surface area contributed by atoms with Crippen LogP contribution in [0.1, 0.15) is 37.8 Å². The molecule has 0 aliphatic carbocycles. The first-order chi connectivity index (χ1) is 9.47. The molecule has 1 aromatic heterocycles. The van der Waals surface area contributed by atoms with Crippen molar-refractivity contribution in [1.29, 1.82) is 0 Å². The van der Waals surface area contributed by atoms with Crippen molar-refractivity contribution in [3.05, 3.63) is 11.6 Å². The minimum Gasteiger partial charge on any atom is -0.481 e. The Hall–Kier alpha value is -1.92. The van der Waals surface area contributed by atoms with E-state index in [4.69, 9.17) is 5.11 Å². The molecule has 1 unspecified atom stereocenters. The number of aliphatic carboxylic acids is 1. The molecular weight excluding hydrogens is 260 g/mol. The maximum absolute atomic E-state index is 12.0. The summed E-state index contributed by atoms with van der Waals surface area (Å²) in [5, 5.41) is 16.9. The van der Waals surface area contributed by atoms with Crippen molar-refractivity contribution < 1.29 is 14.7 Å². The van der Waals surface area contributed by atoms with E-state index in [1.807, 2.05) is 0 Å². The highest BCUT2D eigenvalue weighted by Crippen LogP contribution is 2.16. The Kier molecular flexibility index (Phi) is 4.36. The number of carbonyl (C=O) groups excluding carboxylic acids is 1. The SMILES string of the molecule is CC(CC(=O)O)CC(=O)N(C)Cc1nnc2n1CCC2. The minimum absolute atomic E-state index is 0.0138. The largest absolute Gasteiger partial charge is 0.481 e. The highest BCUT2D eigenvalue weighted by atomic mass is 16.4. The zero-order valence-corrected chi connectivity index (χ0v) is 11.9. The van der Waals surface area contributed by atoms with Crippen LogP contribution in [-0.2, 0) is 29.1 Å². The predicted molar refractivity (Wildman–Crippen MR) is 70.9 cm³/mol. The third-order valence-electron chi connectivity index (χ3n) is 3.54. The van der Waals surface area contributed by atoms with Crippen molar-refractivity contribution in [3.8, 4) is 0 Å². The number of hydrogen-bond donors (Lipinski definition) is 1. The molecule has 7 nitrogen and oxygen atoms in total. The topological polar surface area (TPSA) is 88.3 Å². The van der Waals surface area contributed by atoms with E-state index in [0.29, 0.717) is 6.54 Å². The summed E-state index contributed by atoms with van der Waals surface area (Å²) in [6, 6.07) is 0. The number of amides is 1. The number of aromatic nitrogens is 3. The molecule has 1 aliphatic rings. The molecule has 1 atom stereocenters. The quantitative estimate of drug-likeness (QED) is 0.828. The van der Waals surface area contributed by atoms with E-state index in [2.05, 4.69) is 14.8 Å². The summed E-state index contributed by atoms with van der Waals surface area (Å²) in [6.07, 6.45) is 2.27. The van der Waals surface area contributed by atoms with E-state index in [-0.39, 0.29) is 24.7 Å². The molecule has 0 bridgehead atoms. The van der Waals surface area contributed by atoms with Gasteiger partial charge in [0, 0.05) is 32.9 Å². The van der Waals surface area contributed by atoms with Crippen molar-refractivity contribution in [2.75, 3.05) is 7.05 Å². The first kappa shape index (κ1) is 14.5. The fourth-order valence-electron chi connectivity index (χ4n) is 2.45. The summed E-state index contributed by atoms with van der Waals surface area (Å²) in [5.41, 5.74) is 0. The molecule has 0 radical (unpaired) electrons. The number of carbonyl (C=O) groups is 2. The number of nitrogens with zero attached hydrogens (tertiary/aromatic N) is 4. The monoisotopic (exact) mass is 280 g/mol. The zero-order valence-electron chi connectivity index (χ0n) is 11.9. The molecule has 0 aromatic carbocycles. The average Bonchev–Trinajstić information content (AvgIpc) is 2.92. The maximum atomic E-state index is 12.0. The van der Waals surface area contributed by atoms with Gasteiger partial charge in [0.2, 0.25) is 5.91 Å². The second-order valence-corrected chi connectivity index (χ2v) is 5.44. The van der Waals surface area contributed by atoms with Crippen LogP contribution in [0.25, 0.3) is 0 Å². The van der Waals surface area contributed by atoms with Crippen LogP contribution in [0.5, 0.6) is 0 Å². The standard InChI is InChI=1S/C13H20N4O3/c1-9(7-13(19)20)6-12(18)16(2)8-11-15-14-10-4-3-5-17(10)11/h9H,3-8H2,1-2H3,(H,19,20). The van der Waals surface area contributed by atoms with E-state index in [0.717, 1.165) is 31.0 Å². The van der Waals surface area contributed by atoms with Gasteiger partial charge in [-0.2, -0.15) is 0 Å². The van der Waals surface area contributed by atoms with E-state index in [1.54, 1.807) is 18.9 Å². The molecule has 1 N–H and O–H groups in total. The molecule has 1 aliphatic heterocycles. The Morgan fingerprint density at radius 2 is 2.15 bits per heavy atom. The molecule has 1 aromatic rings. The zero-order chi connectivity index (χ0) is 14.7. The Morgan fingerprint density at radius 3 is 2.85 bits per heavy atom. The number of rotatable bonds is 6. The number of carboxylic acid groups (broad SMARTS) is 1. The van der Waals surface area contributed by atoms with E-state index in [1.165, 1.54) is 0 Å². The second-order valence-electron chi connectivity index (χ2n) is 5.44. The molecule has 0 saturated carbocycles. The molecule has 2 heterocycles. The second kappa shape index (κ2) is 6.02. The number of carboxylic acids is 1. The van der Waals surface area contributed by atoms with Gasteiger partial charge in [-0.05, 0) is 12.3 Å². The lowest BCUT2D eigenvalue weighted by Crippen LogP contribution is -2.29. The Bertz CT molecular complexity index is 512. The van der Waals surface area contributed by atoms with Crippen molar-refractivity contribution in [2.45, 2.75) is 45.7 Å². The van der Waals surface area contributed by atoms with Crippen LogP contribution in [-0.4, -0.2) is 43.7 Å². The predicted octanol–water partition coefficient (Wildman–Crippen LogP) is 0.684. The van der Waals surface area contributed by atoms with E-state index in [9.17, 15) is 9.59 Å². The van der Waals surface area contributed by atoms with Gasteiger partial charge in [0.25, 0.3) is 0 Å². The fourth-order valence-corrected chi connectivity index (χ4v) is 2.45. The Balaban J connectivity index is 1.89. The van der Waals surface area contributed by atoms with Gasteiger partial charge in [0.1, 0.15) is 5.82 Å². The van der Waals surface area contributed by atoms with Crippen LogP contribution in [0, 0.1) is 5.92 Å². The molecule has 0 fully saturated rings. The van der Waals surface area contributed by atoms with Gasteiger partial charge in [-0.25, -0.2) is 0 Å². The summed E-state index contributed by atoms with van der Waals surface area (Å²) >= 11 is 0. The van der Waals surface area contributed by atoms with Gasteiger partial charge < -0.3 is 14.6 Å². The third-order valence-corrected chi connectivity index (χ3v) is 3.54. The summed E-state index contributed by atoms with van der Waals surface area (Å²) in [7, 11) is 1.71. The van der Waals surface area contributed by atoms with Gasteiger partial charge in [-0.15, -0.1) is 10.2 Å². The van der Waals surface area contributed by atoms with Gasteiger partial charge in [-0.1, -0.05) is 6.92 Å². The number of fused-ring (bicyclic) bond motifs is 1. The minimum atomic E-state index is -0.872. The highest BCUT2D eigenvalue weighted by Gasteiger charge is 2.21. The van der Waals surface area contributed by atoms with Crippen molar-refractivity contribution >= 4 is 11.9 Å². The molecule has 7 heteroatoms. The van der Waals surface area contributed by atoms with Crippen LogP contribution in [0.15, 0.2) is 0 Å². The van der Waals surface area contributed by atoms with Crippen LogP contribution in [0.2, 0.25) is 0 Å². The van der Waals surface area contributed by atoms with Gasteiger partial charge in [0.15, 0.2) is 5.82 Å². The highest BCUT2D eigenvalue weighted by molar-refractivity contribution is 5.77. The average molecular weight is 280 g/mol. The van der Waals surface area contributed by atoms with Crippen molar-refractivity contribution in [3.63, 3.8) is 0 Å². The van der Waals surface area contributed by atoms with Crippen molar-refractivity contribution in [2.24, 2.45) is 5.92 Å². The first-order valence-corrected chi connectivity index (χ1v) is 6.84. The normalized spacial score (nSPS) is 14.9. The van der Waals surface area contributed by atoms with Crippen LogP contribution in [0.4, 0.5) is 0 Å². The molecule has 20 heavy (non-hydrogen) atoms. The van der Waals surface area contributed by atoms with Crippen LogP contribution >= 0.6 is 0 Å². The first-order valence-electron chi connectivity index (χ1n) is 6.84. The third kappa shape index (κ3) is 3.34. The fraction of sp³-hybridized carbons (Fsp3) is 0.692. The van der Waals surface area contributed by atoms with Gasteiger partial charge in [-0.3, -0.25) is 9.59 Å². The van der Waals surface area contributed by atoms with Crippen molar-refractivity contribution in [1.82, 2.24) is 19.7 Å². The molecule has 2 rings (SSSR count). The lowest BCUT2D eigenvalue weighted by atomic mass is 10.0. The summed E-state index contributed by atoms with van der Waals surface area (Å²) in [6.45, 7) is 3.11. The smallest absolute Gasteiger partial charge is 0.303 e. The summed E-state index contributed by atoms with van der Waals surface area (Å²) in [4.78, 5) is 24.2. The van der Waals surface area contributed by atoms with Crippen LogP contribution in [0.3, 0.4) is 0 Å². The Labute approximate surface area is 117 Å². The van der Waals surface area contributed by atoms with Gasteiger partial charge in [0.05, 0.1) is 6.54 Å². The molecule has 0 saturated heterocycles. The lowest BCUT2D eigenvalue weighted by Gasteiger charge is -2.18. The lowest BCUT2D eigenvalue weighted by molar-refractivity contribution is -0.138. The van der Waals surface area contributed by atoms with Gasteiger partial charge >= 0.3 is 5.97 Å². The van der Waals surface area contributed by atoms with E-state index < -0.39 is 5.97 Å². The number of aryl methyl sites for hydroxylation is 1. The van der Waals surface area contributed by atoms with E-state index >= 15 is 0 Å². The summed E-state index contributed by atoms with van der Waals surface area (Å²) in [5.74, 6) is 0.697. The Morgan fingerprint density at radius 1 is 1.40 bits per heavy atom.